The highest BCUT2D eigenvalue weighted by molar-refractivity contribution is 5.69. The summed E-state index contributed by atoms with van der Waals surface area (Å²) in [5, 5.41) is 0. The molecule has 0 aromatic heterocycles. The first-order valence-corrected chi connectivity index (χ1v) is 8.20. The first-order valence-electron chi connectivity index (χ1n) is 8.20. The highest BCUT2D eigenvalue weighted by atomic mass is 16.6. The average Bonchev–Trinajstić information content (AvgIpc) is 3.04. The van der Waals surface area contributed by atoms with Crippen molar-refractivity contribution in [1.82, 2.24) is 9.80 Å². The molecule has 2 atom stereocenters. The van der Waals surface area contributed by atoms with Gasteiger partial charge in [0.2, 0.25) is 0 Å². The van der Waals surface area contributed by atoms with Crippen LogP contribution in [0.2, 0.25) is 0 Å². The maximum absolute atomic E-state index is 12.2. The van der Waals surface area contributed by atoms with Gasteiger partial charge in [-0.15, -0.1) is 0 Å². The average molecular weight is 302 g/mol. The Morgan fingerprint density at radius 2 is 1.91 bits per heavy atom. The normalized spacial score (nSPS) is 24.8. The van der Waals surface area contributed by atoms with E-state index in [1.54, 1.807) is 0 Å². The van der Waals surface area contributed by atoms with Gasteiger partial charge < -0.3 is 9.64 Å². The van der Waals surface area contributed by atoms with E-state index in [-0.39, 0.29) is 6.09 Å². The zero-order valence-corrected chi connectivity index (χ0v) is 13.8. The molecule has 4 heteroatoms. The number of fused-ring (bicyclic) bond motifs is 2. The van der Waals surface area contributed by atoms with Gasteiger partial charge in [-0.2, -0.15) is 0 Å². The van der Waals surface area contributed by atoms with Crippen molar-refractivity contribution in [1.29, 1.82) is 0 Å². The standard InChI is InChI=1S/C18H26N2O2/c1-18(2,3)22-17(21)20-13-15-11-16(20)12-19(15)10-9-14-7-5-4-6-8-14/h4-8,15-16H,9-13H2,1-3H3. The van der Waals surface area contributed by atoms with Crippen molar-refractivity contribution in [3.05, 3.63) is 35.9 Å². The molecule has 0 spiro atoms. The molecule has 0 N–H and O–H groups in total. The summed E-state index contributed by atoms with van der Waals surface area (Å²) in [5.41, 5.74) is 0.973. The van der Waals surface area contributed by atoms with Crippen LogP contribution in [-0.2, 0) is 11.2 Å². The third-order valence-corrected chi connectivity index (χ3v) is 4.51. The molecular formula is C18H26N2O2. The Kier molecular flexibility index (Phi) is 4.13. The summed E-state index contributed by atoms with van der Waals surface area (Å²) in [4.78, 5) is 16.7. The number of nitrogens with zero attached hydrogens (tertiary/aromatic N) is 2. The minimum absolute atomic E-state index is 0.150. The molecular weight excluding hydrogens is 276 g/mol. The molecule has 1 amide bonds. The van der Waals surface area contributed by atoms with Crippen molar-refractivity contribution in [2.45, 2.75) is 51.3 Å². The van der Waals surface area contributed by atoms with Crippen LogP contribution in [0.3, 0.4) is 0 Å². The van der Waals surface area contributed by atoms with Crippen molar-refractivity contribution >= 4 is 6.09 Å². The van der Waals surface area contributed by atoms with Gasteiger partial charge in [0.25, 0.3) is 0 Å². The maximum Gasteiger partial charge on any atom is 0.410 e. The van der Waals surface area contributed by atoms with E-state index in [1.165, 1.54) is 5.56 Å². The van der Waals surface area contributed by atoms with Crippen molar-refractivity contribution in [2.24, 2.45) is 0 Å². The lowest BCUT2D eigenvalue weighted by atomic mass is 10.1. The Hall–Kier alpha value is -1.55. The smallest absolute Gasteiger partial charge is 0.410 e. The highest BCUT2D eigenvalue weighted by Crippen LogP contribution is 2.31. The summed E-state index contributed by atoms with van der Waals surface area (Å²) >= 11 is 0. The number of piperazine rings is 1. The minimum Gasteiger partial charge on any atom is -0.444 e. The number of likely N-dealkylation sites (tertiary alicyclic amines) is 2. The Bertz CT molecular complexity index is 524. The molecule has 2 bridgehead atoms. The summed E-state index contributed by atoms with van der Waals surface area (Å²) in [6.07, 6.45) is 2.02. The van der Waals surface area contributed by atoms with E-state index < -0.39 is 5.60 Å². The number of hydrogen-bond acceptors (Lipinski definition) is 3. The van der Waals surface area contributed by atoms with Gasteiger partial charge >= 0.3 is 6.09 Å². The topological polar surface area (TPSA) is 32.8 Å². The molecule has 0 aliphatic carbocycles. The van der Waals surface area contributed by atoms with Gasteiger partial charge in [0, 0.05) is 31.7 Å². The second kappa shape index (κ2) is 5.92. The zero-order valence-electron chi connectivity index (χ0n) is 13.8. The van der Waals surface area contributed by atoms with Crippen LogP contribution in [0.5, 0.6) is 0 Å². The fourth-order valence-corrected chi connectivity index (χ4v) is 3.48. The number of benzene rings is 1. The van der Waals surface area contributed by atoms with E-state index in [4.69, 9.17) is 4.74 Å². The second-order valence-corrected chi connectivity index (χ2v) is 7.41. The van der Waals surface area contributed by atoms with Gasteiger partial charge in [-0.05, 0) is 39.2 Å². The number of carbonyl (C=O) groups excluding carboxylic acids is 1. The van der Waals surface area contributed by atoms with E-state index in [9.17, 15) is 4.79 Å². The quantitative estimate of drug-likeness (QED) is 0.860. The zero-order chi connectivity index (χ0) is 15.7. The predicted molar refractivity (Wildman–Crippen MR) is 86.9 cm³/mol. The van der Waals surface area contributed by atoms with E-state index >= 15 is 0 Å². The molecule has 2 aliphatic heterocycles. The van der Waals surface area contributed by atoms with Crippen LogP contribution >= 0.6 is 0 Å². The Balaban J connectivity index is 1.50. The van der Waals surface area contributed by atoms with E-state index in [0.717, 1.165) is 32.5 Å². The first-order chi connectivity index (χ1) is 10.4. The summed E-state index contributed by atoms with van der Waals surface area (Å²) in [6.45, 7) is 8.64. The Labute approximate surface area is 133 Å². The number of hydrogen-bond donors (Lipinski definition) is 0. The molecule has 3 rings (SSSR count). The Morgan fingerprint density at radius 3 is 2.50 bits per heavy atom. The molecule has 2 fully saturated rings. The van der Waals surface area contributed by atoms with Crippen LogP contribution < -0.4 is 0 Å². The van der Waals surface area contributed by atoms with Gasteiger partial charge in [-0.1, -0.05) is 30.3 Å². The summed E-state index contributed by atoms with van der Waals surface area (Å²) in [7, 11) is 0. The van der Waals surface area contributed by atoms with Gasteiger partial charge in [0.15, 0.2) is 0 Å². The molecule has 0 radical (unpaired) electrons. The first kappa shape index (κ1) is 15.3. The molecule has 2 unspecified atom stereocenters. The van der Waals surface area contributed by atoms with Gasteiger partial charge in [-0.25, -0.2) is 4.79 Å². The lowest BCUT2D eigenvalue weighted by Gasteiger charge is -2.35. The summed E-state index contributed by atoms with van der Waals surface area (Å²) < 4.78 is 5.51. The molecule has 1 aromatic rings. The fraction of sp³-hybridized carbons (Fsp3) is 0.611. The molecule has 4 nitrogen and oxygen atoms in total. The molecule has 22 heavy (non-hydrogen) atoms. The van der Waals surface area contributed by atoms with Crippen molar-refractivity contribution in [3.63, 3.8) is 0 Å². The highest BCUT2D eigenvalue weighted by Gasteiger charge is 2.46. The fourth-order valence-electron chi connectivity index (χ4n) is 3.48. The van der Waals surface area contributed by atoms with Crippen LogP contribution in [0.1, 0.15) is 32.8 Å². The van der Waals surface area contributed by atoms with Crippen LogP contribution in [0.25, 0.3) is 0 Å². The lowest BCUT2D eigenvalue weighted by molar-refractivity contribution is 0.0130. The molecule has 0 saturated carbocycles. The van der Waals surface area contributed by atoms with E-state index in [1.807, 2.05) is 25.7 Å². The lowest BCUT2D eigenvalue weighted by Crippen LogP contribution is -2.50. The SMILES string of the molecule is CC(C)(C)OC(=O)N1CC2CC1CN2CCc1ccccc1. The predicted octanol–water partition coefficient (Wildman–Crippen LogP) is 2.92. The maximum atomic E-state index is 12.2. The van der Waals surface area contributed by atoms with Crippen LogP contribution in [0.4, 0.5) is 4.79 Å². The second-order valence-electron chi connectivity index (χ2n) is 7.41. The molecule has 2 aliphatic rings. The third kappa shape index (κ3) is 3.43. The monoisotopic (exact) mass is 302 g/mol. The molecule has 120 valence electrons. The van der Waals surface area contributed by atoms with E-state index in [2.05, 4.69) is 35.2 Å². The van der Waals surface area contributed by atoms with E-state index in [0.29, 0.717) is 12.1 Å². The Morgan fingerprint density at radius 1 is 1.18 bits per heavy atom. The van der Waals surface area contributed by atoms with Crippen molar-refractivity contribution < 1.29 is 9.53 Å². The summed E-state index contributed by atoms with van der Waals surface area (Å²) in [6, 6.07) is 11.4. The minimum atomic E-state index is -0.411. The molecule has 2 saturated heterocycles. The largest absolute Gasteiger partial charge is 0.444 e. The van der Waals surface area contributed by atoms with Gasteiger partial charge in [-0.3, -0.25) is 4.90 Å². The molecule has 2 heterocycles. The van der Waals surface area contributed by atoms with Crippen molar-refractivity contribution in [3.8, 4) is 0 Å². The van der Waals surface area contributed by atoms with Crippen LogP contribution in [0, 0.1) is 0 Å². The number of rotatable bonds is 3. The number of carbonyl (C=O) groups is 1. The number of ether oxygens (including phenoxy) is 1. The van der Waals surface area contributed by atoms with Crippen LogP contribution in [0.15, 0.2) is 30.3 Å². The van der Waals surface area contributed by atoms with Gasteiger partial charge in [0.1, 0.15) is 5.60 Å². The number of amides is 1. The van der Waals surface area contributed by atoms with Crippen LogP contribution in [-0.4, -0.2) is 53.2 Å². The third-order valence-electron chi connectivity index (χ3n) is 4.51. The van der Waals surface area contributed by atoms with Crippen molar-refractivity contribution in [2.75, 3.05) is 19.6 Å². The van der Waals surface area contributed by atoms with Gasteiger partial charge in [0.05, 0.1) is 0 Å². The molecule has 1 aromatic carbocycles. The summed E-state index contributed by atoms with van der Waals surface area (Å²) in [5.74, 6) is 0.